The number of carbonyl (C=O) groups excluding carboxylic acids is 2. The van der Waals surface area contributed by atoms with Crippen LogP contribution >= 0.6 is 15.9 Å². The first-order valence-corrected chi connectivity index (χ1v) is 8.44. The Balaban J connectivity index is 2.16. The molecule has 0 aromatic heterocycles. The van der Waals surface area contributed by atoms with Gasteiger partial charge in [-0.15, -0.1) is 0 Å². The molecule has 0 radical (unpaired) electrons. The maximum Gasteiger partial charge on any atom is 0.338 e. The van der Waals surface area contributed by atoms with E-state index in [0.717, 1.165) is 0 Å². The Bertz CT molecular complexity index is 539. The Labute approximate surface area is 143 Å². The van der Waals surface area contributed by atoms with Crippen LogP contribution in [-0.4, -0.2) is 48.9 Å². The minimum absolute atomic E-state index is 0.194. The SMILES string of the molecule is CO[C@@H]1C[C@@H](NC(C)=O)[C@@H](OC(=O)c2ccccc2)[C@H](CBr)O1. The van der Waals surface area contributed by atoms with Crippen LogP contribution in [0.3, 0.4) is 0 Å². The molecular formula is C16H20BrNO5. The van der Waals surface area contributed by atoms with Gasteiger partial charge in [0.15, 0.2) is 6.29 Å². The Hall–Kier alpha value is -1.44. The zero-order chi connectivity index (χ0) is 16.8. The van der Waals surface area contributed by atoms with Crippen LogP contribution < -0.4 is 5.32 Å². The highest BCUT2D eigenvalue weighted by molar-refractivity contribution is 9.09. The highest BCUT2D eigenvalue weighted by Gasteiger charge is 2.41. The molecule has 1 aromatic rings. The molecule has 0 unspecified atom stereocenters. The summed E-state index contributed by atoms with van der Waals surface area (Å²) in [6.07, 6.45) is -1.07. The number of halogens is 1. The fourth-order valence-corrected chi connectivity index (χ4v) is 3.05. The molecule has 1 saturated heterocycles. The van der Waals surface area contributed by atoms with E-state index in [1.165, 1.54) is 14.0 Å². The van der Waals surface area contributed by atoms with Crippen LogP contribution in [0.4, 0.5) is 0 Å². The van der Waals surface area contributed by atoms with Gasteiger partial charge in [0.05, 0.1) is 11.6 Å². The smallest absolute Gasteiger partial charge is 0.338 e. The number of rotatable bonds is 5. The van der Waals surface area contributed by atoms with Crippen LogP contribution in [0.15, 0.2) is 30.3 Å². The molecule has 7 heteroatoms. The lowest BCUT2D eigenvalue weighted by Gasteiger charge is -2.40. The van der Waals surface area contributed by atoms with Crippen LogP contribution in [-0.2, 0) is 19.0 Å². The number of carbonyl (C=O) groups is 2. The summed E-state index contributed by atoms with van der Waals surface area (Å²) in [6.45, 7) is 1.43. The summed E-state index contributed by atoms with van der Waals surface area (Å²) in [6, 6.07) is 8.35. The molecule has 6 nitrogen and oxygen atoms in total. The summed E-state index contributed by atoms with van der Waals surface area (Å²) < 4.78 is 16.6. The summed E-state index contributed by atoms with van der Waals surface area (Å²) in [7, 11) is 1.54. The third-order valence-corrected chi connectivity index (χ3v) is 4.23. The van der Waals surface area contributed by atoms with Crippen molar-refractivity contribution in [3.63, 3.8) is 0 Å². The Morgan fingerprint density at radius 3 is 2.61 bits per heavy atom. The van der Waals surface area contributed by atoms with Gasteiger partial charge in [-0.05, 0) is 12.1 Å². The largest absolute Gasteiger partial charge is 0.454 e. The number of benzene rings is 1. The lowest BCUT2D eigenvalue weighted by molar-refractivity contribution is -0.213. The highest BCUT2D eigenvalue weighted by atomic mass is 79.9. The number of ether oxygens (including phenoxy) is 3. The zero-order valence-electron chi connectivity index (χ0n) is 13.0. The standard InChI is InChI=1S/C16H20BrNO5/c1-10(19)18-12-8-14(21-2)22-13(9-17)15(12)23-16(20)11-6-4-3-5-7-11/h3-7,12-15H,8-9H2,1-2H3,(H,18,19)/t12-,13+,14+,15-/m1/s1. The van der Waals surface area contributed by atoms with Crippen LogP contribution in [0.2, 0.25) is 0 Å². The molecule has 126 valence electrons. The topological polar surface area (TPSA) is 73.9 Å². The van der Waals surface area contributed by atoms with Gasteiger partial charge in [0.25, 0.3) is 0 Å². The number of esters is 1. The Kier molecular flexibility index (Phi) is 6.56. The van der Waals surface area contributed by atoms with Gasteiger partial charge < -0.3 is 19.5 Å². The monoisotopic (exact) mass is 385 g/mol. The lowest BCUT2D eigenvalue weighted by Crippen LogP contribution is -2.57. The second-order valence-corrected chi connectivity index (χ2v) is 5.92. The lowest BCUT2D eigenvalue weighted by atomic mass is 9.99. The molecule has 1 N–H and O–H groups in total. The molecule has 1 fully saturated rings. The van der Waals surface area contributed by atoms with E-state index in [2.05, 4.69) is 21.2 Å². The minimum atomic E-state index is -0.600. The molecule has 2 rings (SSSR count). The van der Waals surface area contributed by atoms with E-state index < -0.39 is 24.5 Å². The van der Waals surface area contributed by atoms with E-state index in [4.69, 9.17) is 14.2 Å². The van der Waals surface area contributed by atoms with Crippen LogP contribution in [0.25, 0.3) is 0 Å². The molecule has 4 atom stereocenters. The van der Waals surface area contributed by atoms with Crippen LogP contribution in [0.5, 0.6) is 0 Å². The molecule has 1 heterocycles. The Morgan fingerprint density at radius 1 is 1.35 bits per heavy atom. The third-order valence-electron chi connectivity index (χ3n) is 3.59. The number of hydrogen-bond acceptors (Lipinski definition) is 5. The second-order valence-electron chi connectivity index (χ2n) is 5.27. The molecule has 0 bridgehead atoms. The van der Waals surface area contributed by atoms with Gasteiger partial charge in [-0.3, -0.25) is 4.79 Å². The average molecular weight is 386 g/mol. The maximum atomic E-state index is 12.3. The predicted molar refractivity (Wildman–Crippen MR) is 87.3 cm³/mol. The van der Waals surface area contributed by atoms with Crippen molar-refractivity contribution in [3.05, 3.63) is 35.9 Å². The van der Waals surface area contributed by atoms with Crippen molar-refractivity contribution in [3.8, 4) is 0 Å². The maximum absolute atomic E-state index is 12.3. The summed E-state index contributed by atoms with van der Waals surface area (Å²) >= 11 is 3.36. The van der Waals surface area contributed by atoms with Crippen molar-refractivity contribution in [2.75, 3.05) is 12.4 Å². The van der Waals surface area contributed by atoms with Gasteiger partial charge in [0, 0.05) is 25.8 Å². The molecule has 0 saturated carbocycles. The van der Waals surface area contributed by atoms with Gasteiger partial charge in [0.1, 0.15) is 12.2 Å². The van der Waals surface area contributed by atoms with E-state index in [0.29, 0.717) is 17.3 Å². The van der Waals surface area contributed by atoms with Crippen molar-refractivity contribution in [1.82, 2.24) is 5.32 Å². The van der Waals surface area contributed by atoms with Gasteiger partial charge in [0.2, 0.25) is 5.91 Å². The number of methoxy groups -OCH3 is 1. The molecule has 0 spiro atoms. The summed E-state index contributed by atoms with van der Waals surface area (Å²) in [5.74, 6) is -0.641. The van der Waals surface area contributed by atoms with Crippen LogP contribution in [0, 0.1) is 0 Å². The van der Waals surface area contributed by atoms with Crippen molar-refractivity contribution in [2.24, 2.45) is 0 Å². The molecule has 1 aromatic carbocycles. The fraction of sp³-hybridized carbons (Fsp3) is 0.500. The molecule has 1 aliphatic rings. The first-order valence-electron chi connectivity index (χ1n) is 7.32. The van der Waals surface area contributed by atoms with Crippen molar-refractivity contribution >= 4 is 27.8 Å². The average Bonchev–Trinajstić information content (AvgIpc) is 2.56. The number of hydrogen-bond donors (Lipinski definition) is 1. The van der Waals surface area contributed by atoms with Gasteiger partial charge in [-0.2, -0.15) is 0 Å². The van der Waals surface area contributed by atoms with E-state index >= 15 is 0 Å². The van der Waals surface area contributed by atoms with E-state index in [1.54, 1.807) is 24.3 Å². The van der Waals surface area contributed by atoms with Crippen molar-refractivity contribution in [2.45, 2.75) is 37.9 Å². The van der Waals surface area contributed by atoms with Gasteiger partial charge in [-0.1, -0.05) is 34.1 Å². The van der Waals surface area contributed by atoms with Gasteiger partial charge >= 0.3 is 5.97 Å². The Morgan fingerprint density at radius 2 is 2.04 bits per heavy atom. The minimum Gasteiger partial charge on any atom is -0.454 e. The van der Waals surface area contributed by atoms with E-state index in [1.807, 2.05) is 6.07 Å². The summed E-state index contributed by atoms with van der Waals surface area (Å²) in [5.41, 5.74) is 0.455. The zero-order valence-corrected chi connectivity index (χ0v) is 14.6. The molecule has 23 heavy (non-hydrogen) atoms. The summed E-state index contributed by atoms with van der Waals surface area (Å²) in [5, 5.41) is 3.27. The second kappa shape index (κ2) is 8.42. The molecule has 1 aliphatic heterocycles. The van der Waals surface area contributed by atoms with E-state index in [9.17, 15) is 9.59 Å². The van der Waals surface area contributed by atoms with Crippen LogP contribution in [0.1, 0.15) is 23.7 Å². The molecule has 0 aliphatic carbocycles. The predicted octanol–water partition coefficient (Wildman–Crippen LogP) is 1.87. The quantitative estimate of drug-likeness (QED) is 0.618. The number of amides is 1. The van der Waals surface area contributed by atoms with Gasteiger partial charge in [-0.25, -0.2) is 4.79 Å². The molecular weight excluding hydrogens is 366 g/mol. The van der Waals surface area contributed by atoms with Crippen molar-refractivity contribution in [1.29, 1.82) is 0 Å². The first kappa shape index (κ1) is 17.9. The highest BCUT2D eigenvalue weighted by Crippen LogP contribution is 2.25. The van der Waals surface area contributed by atoms with Crippen molar-refractivity contribution < 1.29 is 23.8 Å². The van der Waals surface area contributed by atoms with E-state index in [-0.39, 0.29) is 11.9 Å². The summed E-state index contributed by atoms with van der Waals surface area (Å²) in [4.78, 5) is 23.8. The fourth-order valence-electron chi connectivity index (χ4n) is 2.53. The number of nitrogens with one attached hydrogen (secondary N) is 1. The third kappa shape index (κ3) is 4.76. The number of alkyl halides is 1. The molecule has 1 amide bonds. The normalized spacial score (nSPS) is 27.3. The first-order chi connectivity index (χ1) is 11.0.